The number of carbonyl (C=O) groups excluding carboxylic acids is 1. The fraction of sp³-hybridized carbons (Fsp3) is 0.231. The van der Waals surface area contributed by atoms with Gasteiger partial charge in [0.15, 0.2) is 0 Å². The SMILES string of the molecule is Cc1cc(C(=O)N(C)Cc2nc3ccsc3c(=O)[nH]2)on1. The zero-order valence-electron chi connectivity index (χ0n) is 11.4. The van der Waals surface area contributed by atoms with Crippen LogP contribution in [0.3, 0.4) is 0 Å². The molecule has 3 heterocycles. The molecule has 21 heavy (non-hydrogen) atoms. The molecule has 3 rings (SSSR count). The number of carbonyl (C=O) groups is 1. The van der Waals surface area contributed by atoms with Crippen LogP contribution >= 0.6 is 11.3 Å². The summed E-state index contributed by atoms with van der Waals surface area (Å²) in [5.74, 6) is 0.274. The van der Waals surface area contributed by atoms with Gasteiger partial charge in [-0.1, -0.05) is 5.16 Å². The van der Waals surface area contributed by atoms with E-state index >= 15 is 0 Å². The number of aromatic nitrogens is 3. The average Bonchev–Trinajstić information content (AvgIpc) is 3.06. The highest BCUT2D eigenvalue weighted by molar-refractivity contribution is 7.17. The molecule has 0 saturated carbocycles. The second-order valence-electron chi connectivity index (χ2n) is 4.64. The molecule has 1 amide bonds. The van der Waals surface area contributed by atoms with E-state index in [2.05, 4.69) is 15.1 Å². The molecule has 0 spiro atoms. The zero-order valence-corrected chi connectivity index (χ0v) is 12.2. The Balaban J connectivity index is 1.84. The van der Waals surface area contributed by atoms with Crippen LogP contribution in [0.4, 0.5) is 0 Å². The van der Waals surface area contributed by atoms with Crippen molar-refractivity contribution in [2.45, 2.75) is 13.5 Å². The van der Waals surface area contributed by atoms with Gasteiger partial charge in [-0.05, 0) is 18.4 Å². The highest BCUT2D eigenvalue weighted by Gasteiger charge is 2.18. The van der Waals surface area contributed by atoms with Crippen molar-refractivity contribution in [3.8, 4) is 0 Å². The second kappa shape index (κ2) is 5.13. The van der Waals surface area contributed by atoms with Gasteiger partial charge < -0.3 is 14.4 Å². The minimum atomic E-state index is -0.316. The minimum absolute atomic E-state index is 0.161. The van der Waals surface area contributed by atoms with Gasteiger partial charge in [0.25, 0.3) is 11.5 Å². The minimum Gasteiger partial charge on any atom is -0.351 e. The van der Waals surface area contributed by atoms with Crippen molar-refractivity contribution in [3.63, 3.8) is 0 Å². The predicted molar refractivity (Wildman–Crippen MR) is 77.3 cm³/mol. The van der Waals surface area contributed by atoms with Crippen LogP contribution in [-0.4, -0.2) is 33.0 Å². The van der Waals surface area contributed by atoms with Gasteiger partial charge in [0.1, 0.15) is 10.5 Å². The van der Waals surface area contributed by atoms with Crippen LogP contribution in [0.25, 0.3) is 10.2 Å². The summed E-state index contributed by atoms with van der Waals surface area (Å²) in [6.07, 6.45) is 0. The summed E-state index contributed by atoms with van der Waals surface area (Å²) in [5.41, 5.74) is 1.08. The van der Waals surface area contributed by atoms with Crippen LogP contribution in [0.2, 0.25) is 0 Å². The number of hydrogen-bond acceptors (Lipinski definition) is 6. The van der Waals surface area contributed by atoms with Gasteiger partial charge in [-0.2, -0.15) is 0 Å². The largest absolute Gasteiger partial charge is 0.351 e. The van der Waals surface area contributed by atoms with Crippen LogP contribution in [-0.2, 0) is 6.54 Å². The molecule has 3 aromatic rings. The third-order valence-electron chi connectivity index (χ3n) is 2.94. The van der Waals surface area contributed by atoms with Gasteiger partial charge in [-0.15, -0.1) is 11.3 Å². The number of aryl methyl sites for hydroxylation is 1. The second-order valence-corrected chi connectivity index (χ2v) is 5.56. The smallest absolute Gasteiger partial charge is 0.292 e. The fourth-order valence-corrected chi connectivity index (χ4v) is 2.67. The number of nitrogens with zero attached hydrogens (tertiary/aromatic N) is 3. The van der Waals surface area contributed by atoms with Crippen molar-refractivity contribution in [3.05, 3.63) is 45.1 Å². The van der Waals surface area contributed by atoms with E-state index in [4.69, 9.17) is 4.52 Å². The van der Waals surface area contributed by atoms with Gasteiger partial charge >= 0.3 is 0 Å². The first kappa shape index (κ1) is 13.5. The van der Waals surface area contributed by atoms with E-state index in [-0.39, 0.29) is 23.8 Å². The van der Waals surface area contributed by atoms with E-state index in [1.165, 1.54) is 16.2 Å². The summed E-state index contributed by atoms with van der Waals surface area (Å²) in [6.45, 7) is 1.92. The quantitative estimate of drug-likeness (QED) is 0.792. The number of fused-ring (bicyclic) bond motifs is 1. The van der Waals surface area contributed by atoms with Crippen molar-refractivity contribution in [2.24, 2.45) is 0 Å². The Hall–Kier alpha value is -2.48. The Morgan fingerprint density at radius 3 is 3.05 bits per heavy atom. The summed E-state index contributed by atoms with van der Waals surface area (Å²) in [6, 6.07) is 3.34. The molecule has 0 aliphatic carbocycles. The van der Waals surface area contributed by atoms with Crippen molar-refractivity contribution in [2.75, 3.05) is 7.05 Å². The maximum absolute atomic E-state index is 12.1. The highest BCUT2D eigenvalue weighted by Crippen LogP contribution is 2.14. The Morgan fingerprint density at radius 1 is 1.52 bits per heavy atom. The van der Waals surface area contributed by atoms with Crippen molar-refractivity contribution < 1.29 is 9.32 Å². The van der Waals surface area contributed by atoms with E-state index in [0.717, 1.165) is 0 Å². The van der Waals surface area contributed by atoms with Crippen molar-refractivity contribution in [1.82, 2.24) is 20.0 Å². The number of H-pyrrole nitrogens is 1. The topological polar surface area (TPSA) is 92.1 Å². The molecular weight excluding hydrogens is 292 g/mol. The summed E-state index contributed by atoms with van der Waals surface area (Å²) in [4.78, 5) is 32.4. The summed E-state index contributed by atoms with van der Waals surface area (Å²) in [5, 5.41) is 5.49. The molecule has 7 nitrogen and oxygen atoms in total. The lowest BCUT2D eigenvalue weighted by Gasteiger charge is -2.14. The van der Waals surface area contributed by atoms with Gasteiger partial charge in [0.05, 0.1) is 17.8 Å². The number of aromatic amines is 1. The van der Waals surface area contributed by atoms with Crippen LogP contribution in [0, 0.1) is 6.92 Å². The molecule has 0 fully saturated rings. The average molecular weight is 304 g/mol. The van der Waals surface area contributed by atoms with Crippen LogP contribution in [0.15, 0.2) is 26.8 Å². The third kappa shape index (κ3) is 2.57. The lowest BCUT2D eigenvalue weighted by molar-refractivity contribution is 0.0740. The first-order valence-electron chi connectivity index (χ1n) is 6.20. The highest BCUT2D eigenvalue weighted by atomic mass is 32.1. The lowest BCUT2D eigenvalue weighted by atomic mass is 10.3. The predicted octanol–water partition coefficient (Wildman–Crippen LogP) is 1.55. The molecule has 0 aromatic carbocycles. The summed E-state index contributed by atoms with van der Waals surface area (Å²) >= 11 is 1.34. The maximum atomic E-state index is 12.1. The van der Waals surface area contributed by atoms with Gasteiger partial charge in [-0.3, -0.25) is 9.59 Å². The lowest BCUT2D eigenvalue weighted by Crippen LogP contribution is -2.28. The van der Waals surface area contributed by atoms with Crippen LogP contribution in [0.1, 0.15) is 22.1 Å². The van der Waals surface area contributed by atoms with Crippen molar-refractivity contribution >= 4 is 27.5 Å². The number of nitrogens with one attached hydrogen (secondary N) is 1. The Kier molecular flexibility index (Phi) is 3.30. The first-order chi connectivity index (χ1) is 10.0. The van der Waals surface area contributed by atoms with E-state index in [0.29, 0.717) is 21.7 Å². The number of hydrogen-bond donors (Lipinski definition) is 1. The standard InChI is InChI=1S/C13H12N4O3S/c1-7-5-9(20-16-7)13(19)17(2)6-10-14-8-3-4-21-11(8)12(18)15-10/h3-5H,6H2,1-2H3,(H,14,15,18). The maximum Gasteiger partial charge on any atom is 0.292 e. The molecule has 0 saturated heterocycles. The number of thiophene rings is 1. The molecule has 8 heteroatoms. The summed E-state index contributed by atoms with van der Waals surface area (Å²) in [7, 11) is 1.61. The molecule has 0 atom stereocenters. The Labute approximate surface area is 123 Å². The summed E-state index contributed by atoms with van der Waals surface area (Å²) < 4.78 is 5.52. The normalized spacial score (nSPS) is 11.0. The molecular formula is C13H12N4O3S. The zero-order chi connectivity index (χ0) is 15.0. The fourth-order valence-electron chi connectivity index (χ4n) is 1.95. The van der Waals surface area contributed by atoms with Crippen molar-refractivity contribution in [1.29, 1.82) is 0 Å². The van der Waals surface area contributed by atoms with Crippen LogP contribution < -0.4 is 5.56 Å². The number of amides is 1. The van der Waals surface area contributed by atoms with Gasteiger partial charge in [0, 0.05) is 13.1 Å². The number of rotatable bonds is 3. The molecule has 0 aliphatic rings. The molecule has 0 aliphatic heterocycles. The van der Waals surface area contributed by atoms with E-state index in [9.17, 15) is 9.59 Å². The molecule has 0 bridgehead atoms. The first-order valence-corrected chi connectivity index (χ1v) is 7.08. The van der Waals surface area contributed by atoms with Gasteiger partial charge in [-0.25, -0.2) is 4.98 Å². The molecule has 0 unspecified atom stereocenters. The van der Waals surface area contributed by atoms with Gasteiger partial charge in [0.2, 0.25) is 5.76 Å². The Bertz CT molecular complexity index is 864. The van der Waals surface area contributed by atoms with E-state index in [1.807, 2.05) is 5.38 Å². The Morgan fingerprint density at radius 2 is 2.33 bits per heavy atom. The van der Waals surface area contributed by atoms with E-state index in [1.54, 1.807) is 26.1 Å². The molecule has 0 radical (unpaired) electrons. The molecule has 108 valence electrons. The monoisotopic (exact) mass is 304 g/mol. The molecule has 3 aromatic heterocycles. The van der Waals surface area contributed by atoms with Crippen LogP contribution in [0.5, 0.6) is 0 Å². The molecule has 1 N–H and O–H groups in total. The van der Waals surface area contributed by atoms with E-state index < -0.39 is 0 Å². The third-order valence-corrected chi connectivity index (χ3v) is 3.84.